The molecule has 0 saturated heterocycles. The van der Waals surface area contributed by atoms with Crippen LogP contribution in [-0.4, -0.2) is 22.9 Å². The van der Waals surface area contributed by atoms with Crippen LogP contribution in [0.5, 0.6) is 5.75 Å². The molecule has 0 aromatic heterocycles. The molecule has 2 atom stereocenters. The summed E-state index contributed by atoms with van der Waals surface area (Å²) < 4.78 is 0. The van der Waals surface area contributed by atoms with Gasteiger partial charge in [-0.15, -0.1) is 0 Å². The average molecular weight is 237 g/mol. The molecule has 96 valence electrons. The van der Waals surface area contributed by atoms with E-state index in [1.165, 1.54) is 0 Å². The van der Waals surface area contributed by atoms with Gasteiger partial charge in [-0.25, -0.2) is 0 Å². The van der Waals surface area contributed by atoms with Gasteiger partial charge in [0.15, 0.2) is 0 Å². The number of aliphatic hydroxyl groups is 1. The van der Waals surface area contributed by atoms with Crippen LogP contribution in [0, 0.1) is 12.8 Å². The van der Waals surface area contributed by atoms with E-state index in [1.807, 2.05) is 39.8 Å². The summed E-state index contributed by atoms with van der Waals surface area (Å²) in [6, 6.07) is 5.69. The molecule has 1 aromatic carbocycles. The van der Waals surface area contributed by atoms with Gasteiger partial charge in [0.2, 0.25) is 0 Å². The first-order valence-corrected chi connectivity index (χ1v) is 6.12. The number of phenolic OH excluding ortho intramolecular Hbond substituents is 1. The van der Waals surface area contributed by atoms with E-state index in [1.54, 1.807) is 6.07 Å². The third kappa shape index (κ3) is 4.02. The van der Waals surface area contributed by atoms with Gasteiger partial charge in [-0.2, -0.15) is 0 Å². The van der Waals surface area contributed by atoms with Crippen molar-refractivity contribution in [2.45, 2.75) is 39.8 Å². The third-order valence-corrected chi connectivity index (χ3v) is 3.06. The molecule has 0 aliphatic heterocycles. The van der Waals surface area contributed by atoms with Crippen molar-refractivity contribution in [2.75, 3.05) is 6.54 Å². The van der Waals surface area contributed by atoms with Crippen LogP contribution in [0.3, 0.4) is 0 Å². The number of phenols is 1. The highest BCUT2D eigenvalue weighted by atomic mass is 16.3. The maximum Gasteiger partial charge on any atom is 0.120 e. The smallest absolute Gasteiger partial charge is 0.120 e. The van der Waals surface area contributed by atoms with Crippen molar-refractivity contribution in [3.63, 3.8) is 0 Å². The molecule has 1 rings (SSSR count). The molecular formula is C14H23NO2. The molecule has 0 bridgehead atoms. The van der Waals surface area contributed by atoms with Crippen LogP contribution >= 0.6 is 0 Å². The minimum atomic E-state index is -0.356. The number of hydrogen-bond acceptors (Lipinski definition) is 3. The Morgan fingerprint density at radius 3 is 2.41 bits per heavy atom. The first-order valence-electron chi connectivity index (χ1n) is 6.12. The van der Waals surface area contributed by atoms with E-state index >= 15 is 0 Å². The summed E-state index contributed by atoms with van der Waals surface area (Å²) in [4.78, 5) is 0. The number of aromatic hydroxyl groups is 1. The zero-order valence-electron chi connectivity index (χ0n) is 11.1. The molecule has 0 saturated carbocycles. The molecule has 0 aliphatic carbocycles. The van der Waals surface area contributed by atoms with Crippen molar-refractivity contribution in [3.8, 4) is 5.75 Å². The lowest BCUT2D eigenvalue weighted by molar-refractivity contribution is 0.120. The topological polar surface area (TPSA) is 52.5 Å². The lowest BCUT2D eigenvalue weighted by Crippen LogP contribution is -2.32. The first-order chi connectivity index (χ1) is 7.91. The molecule has 3 nitrogen and oxygen atoms in total. The summed E-state index contributed by atoms with van der Waals surface area (Å²) in [5, 5.41) is 22.8. The van der Waals surface area contributed by atoms with Crippen LogP contribution in [0.25, 0.3) is 0 Å². The highest BCUT2D eigenvalue weighted by molar-refractivity contribution is 5.37. The van der Waals surface area contributed by atoms with Gasteiger partial charge in [0.1, 0.15) is 5.75 Å². The molecule has 0 radical (unpaired) electrons. The predicted molar refractivity (Wildman–Crippen MR) is 70.1 cm³/mol. The lowest BCUT2D eigenvalue weighted by atomic mass is 10.0. The maximum atomic E-state index is 9.83. The van der Waals surface area contributed by atoms with E-state index in [-0.39, 0.29) is 18.1 Å². The summed E-state index contributed by atoms with van der Waals surface area (Å²) in [7, 11) is 0. The summed E-state index contributed by atoms with van der Waals surface area (Å²) >= 11 is 0. The number of aliphatic hydroxyl groups excluding tert-OH is 1. The van der Waals surface area contributed by atoms with Crippen molar-refractivity contribution in [2.24, 2.45) is 5.92 Å². The van der Waals surface area contributed by atoms with Gasteiger partial charge >= 0.3 is 0 Å². The van der Waals surface area contributed by atoms with Crippen LogP contribution in [0.1, 0.15) is 37.9 Å². The van der Waals surface area contributed by atoms with Gasteiger partial charge in [0, 0.05) is 18.2 Å². The van der Waals surface area contributed by atoms with Crippen molar-refractivity contribution in [1.82, 2.24) is 5.32 Å². The average Bonchev–Trinajstić information content (AvgIpc) is 2.25. The number of hydrogen-bond donors (Lipinski definition) is 3. The fourth-order valence-corrected chi connectivity index (χ4v) is 1.66. The van der Waals surface area contributed by atoms with Crippen molar-refractivity contribution >= 4 is 0 Å². The van der Waals surface area contributed by atoms with E-state index in [0.29, 0.717) is 12.3 Å². The molecule has 0 fully saturated rings. The molecule has 0 amide bonds. The van der Waals surface area contributed by atoms with Crippen molar-refractivity contribution in [3.05, 3.63) is 29.3 Å². The SMILES string of the molecule is Cc1ccc(C(C)NCC(O)C(C)C)c(O)c1. The van der Waals surface area contributed by atoms with Gasteiger partial charge < -0.3 is 15.5 Å². The van der Waals surface area contributed by atoms with Gasteiger partial charge in [-0.3, -0.25) is 0 Å². The van der Waals surface area contributed by atoms with Crippen LogP contribution in [0.2, 0.25) is 0 Å². The molecular weight excluding hydrogens is 214 g/mol. The van der Waals surface area contributed by atoms with E-state index in [0.717, 1.165) is 11.1 Å². The molecule has 0 aliphatic rings. The summed E-state index contributed by atoms with van der Waals surface area (Å²) in [6.07, 6.45) is -0.356. The van der Waals surface area contributed by atoms with Crippen molar-refractivity contribution < 1.29 is 10.2 Å². The molecule has 17 heavy (non-hydrogen) atoms. The van der Waals surface area contributed by atoms with Crippen LogP contribution in [-0.2, 0) is 0 Å². The molecule has 3 heteroatoms. The Labute approximate surface area is 103 Å². The predicted octanol–water partition coefficient (Wildman–Crippen LogP) is 2.37. The monoisotopic (exact) mass is 237 g/mol. The molecule has 0 spiro atoms. The zero-order chi connectivity index (χ0) is 13.0. The Balaban J connectivity index is 2.61. The highest BCUT2D eigenvalue weighted by Crippen LogP contribution is 2.24. The standard InChI is InChI=1S/C14H23NO2/c1-9(2)14(17)8-15-11(4)12-6-5-10(3)7-13(12)16/h5-7,9,11,14-17H,8H2,1-4H3. The number of rotatable bonds is 5. The van der Waals surface area contributed by atoms with Crippen molar-refractivity contribution in [1.29, 1.82) is 0 Å². The Hall–Kier alpha value is -1.06. The Bertz CT molecular complexity index is 363. The van der Waals surface area contributed by atoms with Gasteiger partial charge in [-0.05, 0) is 31.4 Å². The number of nitrogens with one attached hydrogen (secondary N) is 1. The van der Waals surface area contributed by atoms with Gasteiger partial charge in [-0.1, -0.05) is 26.0 Å². The second kappa shape index (κ2) is 6.03. The van der Waals surface area contributed by atoms with Crippen LogP contribution < -0.4 is 5.32 Å². The quantitative estimate of drug-likeness (QED) is 0.737. The van der Waals surface area contributed by atoms with E-state index in [4.69, 9.17) is 0 Å². The summed E-state index contributed by atoms with van der Waals surface area (Å²) in [6.45, 7) is 8.44. The van der Waals surface area contributed by atoms with Gasteiger partial charge in [0.05, 0.1) is 6.10 Å². The summed E-state index contributed by atoms with van der Waals surface area (Å²) in [5.41, 5.74) is 1.91. The van der Waals surface area contributed by atoms with E-state index in [9.17, 15) is 10.2 Å². The lowest BCUT2D eigenvalue weighted by Gasteiger charge is -2.20. The van der Waals surface area contributed by atoms with E-state index in [2.05, 4.69) is 5.32 Å². The number of aryl methyl sites for hydroxylation is 1. The third-order valence-electron chi connectivity index (χ3n) is 3.06. The number of benzene rings is 1. The van der Waals surface area contributed by atoms with E-state index < -0.39 is 0 Å². The first kappa shape index (κ1) is 14.0. The Morgan fingerprint density at radius 2 is 1.88 bits per heavy atom. The molecule has 0 heterocycles. The fourth-order valence-electron chi connectivity index (χ4n) is 1.66. The Morgan fingerprint density at radius 1 is 1.24 bits per heavy atom. The van der Waals surface area contributed by atoms with Crippen LogP contribution in [0.4, 0.5) is 0 Å². The Kier molecular flexibility index (Phi) is 4.97. The van der Waals surface area contributed by atoms with Gasteiger partial charge in [0.25, 0.3) is 0 Å². The summed E-state index contributed by atoms with van der Waals surface area (Å²) in [5.74, 6) is 0.547. The second-order valence-corrected chi connectivity index (χ2v) is 5.00. The maximum absolute atomic E-state index is 9.83. The molecule has 1 aromatic rings. The second-order valence-electron chi connectivity index (χ2n) is 5.00. The van der Waals surface area contributed by atoms with Crippen LogP contribution in [0.15, 0.2) is 18.2 Å². The largest absolute Gasteiger partial charge is 0.508 e. The zero-order valence-corrected chi connectivity index (χ0v) is 11.1. The minimum absolute atomic E-state index is 0.0315. The minimum Gasteiger partial charge on any atom is -0.508 e. The molecule has 2 unspecified atom stereocenters. The fraction of sp³-hybridized carbons (Fsp3) is 0.571. The molecule has 3 N–H and O–H groups in total. The highest BCUT2D eigenvalue weighted by Gasteiger charge is 2.13. The normalized spacial score (nSPS) is 14.9.